The smallest absolute Gasteiger partial charge is 0.0706 e. The molecular weight excluding hydrogens is 244 g/mol. The molecule has 2 nitrogen and oxygen atoms in total. The van der Waals surface area contributed by atoms with Crippen LogP contribution in [0.1, 0.15) is 52.3 Å². The molecule has 1 atom stereocenters. The molecule has 2 heteroatoms. The van der Waals surface area contributed by atoms with Crippen molar-refractivity contribution in [3.05, 3.63) is 42.1 Å². The van der Waals surface area contributed by atoms with Crippen LogP contribution in [-0.4, -0.2) is 11.5 Å². The van der Waals surface area contributed by atoms with E-state index < -0.39 is 0 Å². The molecule has 0 bridgehead atoms. The van der Waals surface area contributed by atoms with Gasteiger partial charge in [0, 0.05) is 11.4 Å². The van der Waals surface area contributed by atoms with Crippen LogP contribution in [-0.2, 0) is 0 Å². The first-order valence-corrected chi connectivity index (χ1v) is 7.59. The van der Waals surface area contributed by atoms with Gasteiger partial charge < -0.3 is 5.32 Å². The van der Waals surface area contributed by atoms with E-state index in [1.807, 2.05) is 0 Å². The van der Waals surface area contributed by atoms with Gasteiger partial charge in [0.25, 0.3) is 0 Å². The van der Waals surface area contributed by atoms with Gasteiger partial charge >= 0.3 is 0 Å². The standard InChI is InChI=1S/C18H26N2/c1-5-19-16(12-13-18(2,3)4)17-11-10-14-8-6-7-9-15(14)20-17/h6-11,16,19H,5,12-13H2,1-4H3. The summed E-state index contributed by atoms with van der Waals surface area (Å²) in [6.45, 7) is 10.0. The lowest BCUT2D eigenvalue weighted by atomic mass is 9.88. The zero-order chi connectivity index (χ0) is 14.6. The van der Waals surface area contributed by atoms with E-state index in [4.69, 9.17) is 4.98 Å². The van der Waals surface area contributed by atoms with Gasteiger partial charge in [-0.1, -0.05) is 52.0 Å². The van der Waals surface area contributed by atoms with Gasteiger partial charge in [0.15, 0.2) is 0 Å². The second-order valence-corrected chi connectivity index (χ2v) is 6.64. The maximum absolute atomic E-state index is 4.83. The molecule has 1 aromatic carbocycles. The minimum absolute atomic E-state index is 0.351. The van der Waals surface area contributed by atoms with Gasteiger partial charge in [-0.15, -0.1) is 0 Å². The van der Waals surface area contributed by atoms with Crippen LogP contribution in [0, 0.1) is 5.41 Å². The number of fused-ring (bicyclic) bond motifs is 1. The number of rotatable bonds is 5. The Labute approximate surface area is 122 Å². The number of nitrogens with zero attached hydrogens (tertiary/aromatic N) is 1. The summed E-state index contributed by atoms with van der Waals surface area (Å²) < 4.78 is 0. The van der Waals surface area contributed by atoms with Crippen molar-refractivity contribution in [3.63, 3.8) is 0 Å². The predicted molar refractivity (Wildman–Crippen MR) is 86.8 cm³/mol. The number of benzene rings is 1. The Balaban J connectivity index is 2.21. The lowest BCUT2D eigenvalue weighted by Crippen LogP contribution is -2.23. The Hall–Kier alpha value is -1.41. The molecule has 0 amide bonds. The minimum atomic E-state index is 0.351. The molecule has 1 unspecified atom stereocenters. The summed E-state index contributed by atoms with van der Waals surface area (Å²) in [5.41, 5.74) is 2.61. The summed E-state index contributed by atoms with van der Waals surface area (Å²) in [6, 6.07) is 13.0. The highest BCUT2D eigenvalue weighted by Crippen LogP contribution is 2.27. The van der Waals surface area contributed by atoms with Crippen LogP contribution in [0.2, 0.25) is 0 Å². The van der Waals surface area contributed by atoms with E-state index in [1.165, 1.54) is 11.8 Å². The molecule has 0 saturated heterocycles. The van der Waals surface area contributed by atoms with Crippen molar-refractivity contribution in [1.82, 2.24) is 10.3 Å². The quantitative estimate of drug-likeness (QED) is 0.851. The molecule has 0 fully saturated rings. The number of para-hydroxylation sites is 1. The lowest BCUT2D eigenvalue weighted by molar-refractivity contribution is 0.332. The number of pyridine rings is 1. The molecule has 2 rings (SSSR count). The van der Waals surface area contributed by atoms with Gasteiger partial charge in [-0.25, -0.2) is 0 Å². The van der Waals surface area contributed by atoms with Crippen molar-refractivity contribution in [1.29, 1.82) is 0 Å². The molecule has 0 saturated carbocycles. The third kappa shape index (κ3) is 4.04. The van der Waals surface area contributed by atoms with E-state index in [0.717, 1.165) is 24.2 Å². The molecule has 1 aromatic heterocycles. The van der Waals surface area contributed by atoms with Gasteiger partial charge in [-0.3, -0.25) is 4.98 Å². The Kier molecular flexibility index (Phi) is 4.77. The first kappa shape index (κ1) is 15.0. The number of nitrogens with one attached hydrogen (secondary N) is 1. The fourth-order valence-corrected chi connectivity index (χ4v) is 2.45. The monoisotopic (exact) mass is 270 g/mol. The first-order valence-electron chi connectivity index (χ1n) is 7.59. The summed E-state index contributed by atoms with van der Waals surface area (Å²) in [5, 5.41) is 4.78. The lowest BCUT2D eigenvalue weighted by Gasteiger charge is -2.23. The predicted octanol–water partition coefficient (Wildman–Crippen LogP) is 4.71. The number of aromatic nitrogens is 1. The van der Waals surface area contributed by atoms with Crippen LogP contribution in [0.4, 0.5) is 0 Å². The molecule has 108 valence electrons. The average Bonchev–Trinajstić information content (AvgIpc) is 2.42. The van der Waals surface area contributed by atoms with Crippen molar-refractivity contribution < 1.29 is 0 Å². The van der Waals surface area contributed by atoms with E-state index in [9.17, 15) is 0 Å². The van der Waals surface area contributed by atoms with Gasteiger partial charge in [-0.05, 0) is 36.9 Å². The van der Waals surface area contributed by atoms with Crippen LogP contribution in [0.5, 0.6) is 0 Å². The maximum atomic E-state index is 4.83. The summed E-state index contributed by atoms with van der Waals surface area (Å²) >= 11 is 0. The van der Waals surface area contributed by atoms with Crippen molar-refractivity contribution >= 4 is 10.9 Å². The Morgan fingerprint density at radius 1 is 1.10 bits per heavy atom. The maximum Gasteiger partial charge on any atom is 0.0706 e. The van der Waals surface area contributed by atoms with Crippen molar-refractivity contribution in [2.75, 3.05) is 6.54 Å². The van der Waals surface area contributed by atoms with Gasteiger partial charge in [0.05, 0.1) is 11.2 Å². The fraction of sp³-hybridized carbons (Fsp3) is 0.500. The van der Waals surface area contributed by atoms with Crippen LogP contribution in [0.3, 0.4) is 0 Å². The van der Waals surface area contributed by atoms with Crippen molar-refractivity contribution in [2.24, 2.45) is 5.41 Å². The van der Waals surface area contributed by atoms with E-state index in [1.54, 1.807) is 0 Å². The normalized spacial score (nSPS) is 13.6. The largest absolute Gasteiger partial charge is 0.309 e. The van der Waals surface area contributed by atoms with Gasteiger partial charge in [-0.2, -0.15) is 0 Å². The SMILES string of the molecule is CCNC(CCC(C)(C)C)c1ccc2ccccc2n1. The molecule has 0 radical (unpaired) electrons. The fourth-order valence-electron chi connectivity index (χ4n) is 2.45. The molecule has 20 heavy (non-hydrogen) atoms. The molecule has 2 aromatic rings. The summed E-state index contributed by atoms with van der Waals surface area (Å²) in [5.74, 6) is 0. The number of hydrogen-bond acceptors (Lipinski definition) is 2. The van der Waals surface area contributed by atoms with E-state index in [-0.39, 0.29) is 0 Å². The summed E-state index contributed by atoms with van der Waals surface area (Å²) in [4.78, 5) is 4.83. The average molecular weight is 270 g/mol. The van der Waals surface area contributed by atoms with Crippen LogP contribution < -0.4 is 5.32 Å². The molecule has 1 heterocycles. The van der Waals surface area contributed by atoms with Crippen molar-refractivity contribution in [3.8, 4) is 0 Å². The zero-order valence-corrected chi connectivity index (χ0v) is 13.1. The highest BCUT2D eigenvalue weighted by molar-refractivity contribution is 5.78. The van der Waals surface area contributed by atoms with E-state index in [0.29, 0.717) is 11.5 Å². The molecule has 0 spiro atoms. The Bertz CT molecular complexity index is 555. The molecular formula is C18H26N2. The Morgan fingerprint density at radius 2 is 1.85 bits per heavy atom. The minimum Gasteiger partial charge on any atom is -0.309 e. The number of hydrogen-bond donors (Lipinski definition) is 1. The van der Waals surface area contributed by atoms with Crippen LogP contribution in [0.15, 0.2) is 36.4 Å². The van der Waals surface area contributed by atoms with E-state index in [2.05, 4.69) is 69.4 Å². The first-order chi connectivity index (χ1) is 9.49. The summed E-state index contributed by atoms with van der Waals surface area (Å²) in [6.07, 6.45) is 2.32. The van der Waals surface area contributed by atoms with Gasteiger partial charge in [0.2, 0.25) is 0 Å². The van der Waals surface area contributed by atoms with E-state index >= 15 is 0 Å². The van der Waals surface area contributed by atoms with Crippen molar-refractivity contribution in [2.45, 2.75) is 46.6 Å². The molecule has 0 aliphatic rings. The highest BCUT2D eigenvalue weighted by Gasteiger charge is 2.17. The third-order valence-electron chi connectivity index (χ3n) is 3.61. The Morgan fingerprint density at radius 3 is 2.55 bits per heavy atom. The molecule has 0 aliphatic heterocycles. The third-order valence-corrected chi connectivity index (χ3v) is 3.61. The second-order valence-electron chi connectivity index (χ2n) is 6.64. The van der Waals surface area contributed by atoms with Gasteiger partial charge in [0.1, 0.15) is 0 Å². The highest BCUT2D eigenvalue weighted by atomic mass is 14.9. The van der Waals surface area contributed by atoms with Crippen LogP contribution >= 0.6 is 0 Å². The topological polar surface area (TPSA) is 24.9 Å². The molecule has 1 N–H and O–H groups in total. The second kappa shape index (κ2) is 6.36. The van der Waals surface area contributed by atoms with Crippen LogP contribution in [0.25, 0.3) is 10.9 Å². The zero-order valence-electron chi connectivity index (χ0n) is 13.1. The summed E-state index contributed by atoms with van der Waals surface area (Å²) in [7, 11) is 0. The molecule has 0 aliphatic carbocycles.